The molecule has 0 aliphatic carbocycles. The van der Waals surface area contributed by atoms with Crippen molar-refractivity contribution in [3.8, 4) is 0 Å². The van der Waals surface area contributed by atoms with Crippen LogP contribution in [0.5, 0.6) is 0 Å². The van der Waals surface area contributed by atoms with Gasteiger partial charge in [0.2, 0.25) is 0 Å². The smallest absolute Gasteiger partial charge is 0.338 e. The van der Waals surface area contributed by atoms with Crippen LogP contribution >= 0.6 is 0 Å². The van der Waals surface area contributed by atoms with Crippen molar-refractivity contribution >= 4 is 5.97 Å². The lowest BCUT2D eigenvalue weighted by atomic mass is 9.93. The predicted octanol–water partition coefficient (Wildman–Crippen LogP) is 1.15. The molecule has 4 heteroatoms. The maximum atomic E-state index is 11.4. The second kappa shape index (κ2) is 3.57. The van der Waals surface area contributed by atoms with E-state index < -0.39 is 0 Å². The van der Waals surface area contributed by atoms with Gasteiger partial charge < -0.3 is 9.47 Å². The maximum absolute atomic E-state index is 11.4. The summed E-state index contributed by atoms with van der Waals surface area (Å²) in [5.41, 5.74) is 4.11. The Labute approximate surface area is 93.5 Å². The summed E-state index contributed by atoms with van der Waals surface area (Å²) in [5, 5.41) is 3.11. The molecular weight excluding hydrogens is 206 g/mol. The van der Waals surface area contributed by atoms with E-state index >= 15 is 0 Å². The minimum absolute atomic E-state index is 0.0650. The average molecular weight is 219 g/mol. The van der Waals surface area contributed by atoms with Gasteiger partial charge in [-0.1, -0.05) is 6.07 Å². The lowest BCUT2D eigenvalue weighted by Gasteiger charge is -2.26. The highest BCUT2D eigenvalue weighted by atomic mass is 16.5. The third-order valence-electron chi connectivity index (χ3n) is 3.22. The van der Waals surface area contributed by atoms with Crippen LogP contribution in [0.3, 0.4) is 0 Å². The molecular formula is C12H13NO3. The van der Waals surface area contributed by atoms with Gasteiger partial charge in [0.1, 0.15) is 12.8 Å². The third kappa shape index (κ3) is 1.27. The summed E-state index contributed by atoms with van der Waals surface area (Å²) in [4.78, 5) is 11.4. The van der Waals surface area contributed by atoms with E-state index in [1.807, 2.05) is 19.2 Å². The number of hydrogen-bond donors (Lipinski definition) is 1. The zero-order valence-electron chi connectivity index (χ0n) is 9.08. The Hall–Kier alpha value is -1.39. The third-order valence-corrected chi connectivity index (χ3v) is 3.22. The number of ether oxygens (including phenoxy) is 2. The monoisotopic (exact) mass is 219 g/mol. The molecule has 1 atom stereocenters. The molecule has 0 saturated carbocycles. The van der Waals surface area contributed by atoms with Gasteiger partial charge in [0, 0.05) is 5.56 Å². The fourth-order valence-corrected chi connectivity index (χ4v) is 2.43. The molecule has 0 aromatic heterocycles. The lowest BCUT2D eigenvalue weighted by molar-refractivity contribution is 0.0236. The van der Waals surface area contributed by atoms with Crippen molar-refractivity contribution in [1.82, 2.24) is 5.32 Å². The van der Waals surface area contributed by atoms with Crippen LogP contribution in [-0.2, 0) is 22.5 Å². The van der Waals surface area contributed by atoms with E-state index in [0.29, 0.717) is 13.2 Å². The Morgan fingerprint density at radius 1 is 1.38 bits per heavy atom. The van der Waals surface area contributed by atoms with Crippen molar-refractivity contribution in [2.24, 2.45) is 0 Å². The molecule has 2 heterocycles. The molecule has 16 heavy (non-hydrogen) atoms. The Bertz CT molecular complexity index is 456. The number of rotatable bonds is 1. The molecule has 0 bridgehead atoms. The van der Waals surface area contributed by atoms with Crippen LogP contribution in [0.2, 0.25) is 0 Å². The fourth-order valence-electron chi connectivity index (χ4n) is 2.43. The fraction of sp³-hybridized carbons (Fsp3) is 0.417. The number of hydrogen-bond acceptors (Lipinski definition) is 4. The topological polar surface area (TPSA) is 47.6 Å². The van der Waals surface area contributed by atoms with Gasteiger partial charge in [-0.05, 0) is 30.7 Å². The lowest BCUT2D eigenvalue weighted by Crippen LogP contribution is -2.27. The van der Waals surface area contributed by atoms with Crippen molar-refractivity contribution < 1.29 is 14.3 Å². The molecule has 2 aliphatic rings. The van der Waals surface area contributed by atoms with Crippen molar-refractivity contribution in [2.45, 2.75) is 19.3 Å². The molecule has 1 aromatic rings. The van der Waals surface area contributed by atoms with Crippen LogP contribution in [0.25, 0.3) is 0 Å². The highest BCUT2D eigenvalue weighted by molar-refractivity contribution is 5.94. The normalized spacial score (nSPS) is 22.6. The van der Waals surface area contributed by atoms with E-state index in [0.717, 1.165) is 23.1 Å². The first-order valence-electron chi connectivity index (χ1n) is 5.42. The molecule has 84 valence electrons. The molecule has 0 spiro atoms. The van der Waals surface area contributed by atoms with Crippen molar-refractivity contribution in [1.29, 1.82) is 0 Å². The van der Waals surface area contributed by atoms with Gasteiger partial charge in [0.15, 0.2) is 0 Å². The van der Waals surface area contributed by atoms with Gasteiger partial charge in [0.25, 0.3) is 0 Å². The van der Waals surface area contributed by atoms with E-state index in [9.17, 15) is 4.79 Å². The number of cyclic esters (lactones) is 1. The Morgan fingerprint density at radius 2 is 2.25 bits per heavy atom. The SMILES string of the molecule is CNC1OCCc2c1ccc1c2COC1=O. The van der Waals surface area contributed by atoms with Crippen molar-refractivity contribution in [3.05, 3.63) is 34.4 Å². The summed E-state index contributed by atoms with van der Waals surface area (Å²) in [6.07, 6.45) is 0.789. The zero-order chi connectivity index (χ0) is 11.1. The van der Waals surface area contributed by atoms with Crippen LogP contribution < -0.4 is 5.32 Å². The van der Waals surface area contributed by atoms with E-state index in [4.69, 9.17) is 9.47 Å². The van der Waals surface area contributed by atoms with Gasteiger partial charge in [0.05, 0.1) is 12.2 Å². The van der Waals surface area contributed by atoms with E-state index in [2.05, 4.69) is 5.32 Å². The standard InChI is InChI=1S/C12H13NO3/c1-13-11-8-2-3-9-10(6-16-12(9)14)7(8)4-5-15-11/h2-3,11,13H,4-6H2,1H3. The average Bonchev–Trinajstić information content (AvgIpc) is 2.70. The highest BCUT2D eigenvalue weighted by Gasteiger charge is 2.29. The summed E-state index contributed by atoms with van der Waals surface area (Å²) in [6.45, 7) is 1.09. The summed E-state index contributed by atoms with van der Waals surface area (Å²) in [6, 6.07) is 3.80. The summed E-state index contributed by atoms with van der Waals surface area (Å²) in [5.74, 6) is -0.203. The quantitative estimate of drug-likeness (QED) is 0.720. The molecule has 4 nitrogen and oxygen atoms in total. The molecule has 0 amide bonds. The van der Waals surface area contributed by atoms with Gasteiger partial charge in [-0.2, -0.15) is 0 Å². The van der Waals surface area contributed by atoms with Crippen molar-refractivity contribution in [2.75, 3.05) is 13.7 Å². The molecule has 1 N–H and O–H groups in total. The highest BCUT2D eigenvalue weighted by Crippen LogP contribution is 2.33. The Kier molecular flexibility index (Phi) is 2.19. The first kappa shape index (κ1) is 9.81. The molecule has 2 aliphatic heterocycles. The molecule has 0 saturated heterocycles. The summed E-state index contributed by atoms with van der Waals surface area (Å²) in [7, 11) is 1.87. The van der Waals surface area contributed by atoms with Gasteiger partial charge in [-0.3, -0.25) is 5.32 Å². The minimum atomic E-state index is -0.203. The maximum Gasteiger partial charge on any atom is 0.338 e. The molecule has 0 fully saturated rings. The van der Waals surface area contributed by atoms with E-state index in [1.54, 1.807) is 0 Å². The predicted molar refractivity (Wildman–Crippen MR) is 57.0 cm³/mol. The number of carbonyl (C=O) groups excluding carboxylic acids is 1. The minimum Gasteiger partial charge on any atom is -0.457 e. The van der Waals surface area contributed by atoms with Crippen LogP contribution in [0, 0.1) is 0 Å². The Morgan fingerprint density at radius 3 is 3.06 bits per heavy atom. The number of esters is 1. The van der Waals surface area contributed by atoms with Gasteiger partial charge >= 0.3 is 5.97 Å². The summed E-state index contributed by atoms with van der Waals surface area (Å²) < 4.78 is 10.7. The number of benzene rings is 1. The first-order valence-corrected chi connectivity index (χ1v) is 5.42. The van der Waals surface area contributed by atoms with Crippen LogP contribution in [0.1, 0.15) is 33.3 Å². The number of nitrogens with one attached hydrogen (secondary N) is 1. The second-order valence-corrected chi connectivity index (χ2v) is 4.03. The Balaban J connectivity index is 2.15. The molecule has 3 rings (SSSR count). The zero-order valence-corrected chi connectivity index (χ0v) is 9.08. The van der Waals surface area contributed by atoms with E-state index in [1.165, 1.54) is 5.56 Å². The summed E-state index contributed by atoms with van der Waals surface area (Å²) >= 11 is 0. The van der Waals surface area contributed by atoms with Gasteiger partial charge in [-0.15, -0.1) is 0 Å². The van der Waals surface area contributed by atoms with Crippen LogP contribution in [0.4, 0.5) is 0 Å². The van der Waals surface area contributed by atoms with E-state index in [-0.39, 0.29) is 12.2 Å². The molecule has 1 aromatic carbocycles. The second-order valence-electron chi connectivity index (χ2n) is 4.03. The van der Waals surface area contributed by atoms with Gasteiger partial charge in [-0.25, -0.2) is 4.79 Å². The molecule has 0 radical (unpaired) electrons. The van der Waals surface area contributed by atoms with Crippen LogP contribution in [-0.4, -0.2) is 19.6 Å². The van der Waals surface area contributed by atoms with Crippen LogP contribution in [0.15, 0.2) is 12.1 Å². The number of carbonyl (C=O) groups is 1. The van der Waals surface area contributed by atoms with Crippen molar-refractivity contribution in [3.63, 3.8) is 0 Å². The number of fused-ring (bicyclic) bond motifs is 3. The first-order chi connectivity index (χ1) is 7.81. The largest absolute Gasteiger partial charge is 0.457 e. The molecule has 1 unspecified atom stereocenters.